The Morgan fingerprint density at radius 3 is 2.56 bits per heavy atom. The summed E-state index contributed by atoms with van der Waals surface area (Å²) in [7, 11) is 0. The Morgan fingerprint density at radius 1 is 1.12 bits per heavy atom. The van der Waals surface area contributed by atoms with E-state index >= 15 is 0 Å². The molecular formula is C11H13N5. The zero-order chi connectivity index (χ0) is 11.2. The lowest BCUT2D eigenvalue weighted by molar-refractivity contribution is 0.581. The van der Waals surface area contributed by atoms with E-state index in [9.17, 15) is 0 Å². The van der Waals surface area contributed by atoms with Gasteiger partial charge in [0, 0.05) is 24.8 Å². The first-order valence-corrected chi connectivity index (χ1v) is 5.18. The van der Waals surface area contributed by atoms with Crippen molar-refractivity contribution in [1.29, 1.82) is 0 Å². The van der Waals surface area contributed by atoms with E-state index in [0.717, 1.165) is 12.2 Å². The van der Waals surface area contributed by atoms with E-state index in [1.165, 1.54) is 0 Å². The fraction of sp³-hybridized carbons (Fsp3) is 0.273. The lowest BCUT2D eigenvalue weighted by atomic mass is 10.2. The minimum Gasteiger partial charge on any atom is -0.303 e. The standard InChI is InChI=1S/C11H13N5/c1-2-13-10(9-8-12-6-7-14-9)11-15-4-3-5-16-11/h3-8,10,13H,2H2,1H3. The Balaban J connectivity index is 2.31. The number of hydrogen-bond donors (Lipinski definition) is 1. The van der Waals surface area contributed by atoms with Crippen molar-refractivity contribution in [2.24, 2.45) is 0 Å². The summed E-state index contributed by atoms with van der Waals surface area (Å²) in [5.74, 6) is 0.713. The van der Waals surface area contributed by atoms with Crippen LogP contribution in [-0.2, 0) is 0 Å². The average Bonchev–Trinajstić information content (AvgIpc) is 2.38. The van der Waals surface area contributed by atoms with Gasteiger partial charge in [0.15, 0.2) is 5.82 Å². The van der Waals surface area contributed by atoms with Gasteiger partial charge in [-0.25, -0.2) is 9.97 Å². The molecule has 0 aromatic carbocycles. The van der Waals surface area contributed by atoms with Gasteiger partial charge in [-0.15, -0.1) is 0 Å². The summed E-state index contributed by atoms with van der Waals surface area (Å²) in [5, 5.41) is 3.29. The normalized spacial score (nSPS) is 12.3. The smallest absolute Gasteiger partial charge is 0.151 e. The van der Waals surface area contributed by atoms with Gasteiger partial charge in [0.05, 0.1) is 11.9 Å². The molecule has 0 aliphatic rings. The maximum Gasteiger partial charge on any atom is 0.151 e. The molecule has 1 unspecified atom stereocenters. The van der Waals surface area contributed by atoms with Gasteiger partial charge in [0.1, 0.15) is 6.04 Å². The highest BCUT2D eigenvalue weighted by Crippen LogP contribution is 2.14. The second-order valence-electron chi connectivity index (χ2n) is 3.23. The third-order valence-electron chi connectivity index (χ3n) is 2.13. The van der Waals surface area contributed by atoms with Crippen LogP contribution in [0, 0.1) is 0 Å². The number of rotatable bonds is 4. The van der Waals surface area contributed by atoms with Gasteiger partial charge in [-0.2, -0.15) is 0 Å². The zero-order valence-corrected chi connectivity index (χ0v) is 9.04. The Labute approximate surface area is 94.0 Å². The first-order chi connectivity index (χ1) is 7.92. The molecule has 1 N–H and O–H groups in total. The van der Waals surface area contributed by atoms with Crippen LogP contribution in [0.3, 0.4) is 0 Å². The van der Waals surface area contributed by atoms with Crippen molar-refractivity contribution in [2.75, 3.05) is 6.54 Å². The molecule has 0 spiro atoms. The Hall–Kier alpha value is -1.88. The van der Waals surface area contributed by atoms with Crippen LogP contribution in [0.1, 0.15) is 24.5 Å². The predicted molar refractivity (Wildman–Crippen MR) is 59.6 cm³/mol. The zero-order valence-electron chi connectivity index (χ0n) is 9.04. The van der Waals surface area contributed by atoms with Crippen molar-refractivity contribution in [2.45, 2.75) is 13.0 Å². The van der Waals surface area contributed by atoms with Crippen LogP contribution in [0.4, 0.5) is 0 Å². The van der Waals surface area contributed by atoms with Gasteiger partial charge in [0.2, 0.25) is 0 Å². The van der Waals surface area contributed by atoms with Crippen LogP contribution in [0.2, 0.25) is 0 Å². The molecule has 2 heterocycles. The van der Waals surface area contributed by atoms with Crippen molar-refractivity contribution in [3.63, 3.8) is 0 Å². The molecule has 0 aliphatic heterocycles. The lowest BCUT2D eigenvalue weighted by Gasteiger charge is -2.14. The maximum absolute atomic E-state index is 4.27. The van der Waals surface area contributed by atoms with Crippen LogP contribution >= 0.6 is 0 Å². The second-order valence-corrected chi connectivity index (χ2v) is 3.23. The van der Waals surface area contributed by atoms with Crippen molar-refractivity contribution >= 4 is 0 Å². The van der Waals surface area contributed by atoms with Crippen LogP contribution in [0.15, 0.2) is 37.1 Å². The van der Waals surface area contributed by atoms with E-state index in [4.69, 9.17) is 0 Å². The fourth-order valence-electron chi connectivity index (χ4n) is 1.45. The number of hydrogen-bond acceptors (Lipinski definition) is 5. The molecule has 2 rings (SSSR count). The molecule has 2 aromatic rings. The van der Waals surface area contributed by atoms with Crippen LogP contribution in [-0.4, -0.2) is 26.5 Å². The Kier molecular flexibility index (Phi) is 3.50. The lowest BCUT2D eigenvalue weighted by Crippen LogP contribution is -2.24. The highest BCUT2D eigenvalue weighted by Gasteiger charge is 2.16. The van der Waals surface area contributed by atoms with E-state index in [1.54, 1.807) is 37.1 Å². The summed E-state index contributed by atoms with van der Waals surface area (Å²) in [6.45, 7) is 2.85. The average molecular weight is 215 g/mol. The van der Waals surface area contributed by atoms with Gasteiger partial charge >= 0.3 is 0 Å². The monoisotopic (exact) mass is 215 g/mol. The highest BCUT2D eigenvalue weighted by atomic mass is 15.0. The van der Waals surface area contributed by atoms with Crippen molar-refractivity contribution in [3.05, 3.63) is 48.6 Å². The molecule has 16 heavy (non-hydrogen) atoms. The molecule has 0 fully saturated rings. The first-order valence-electron chi connectivity index (χ1n) is 5.18. The number of aromatic nitrogens is 4. The largest absolute Gasteiger partial charge is 0.303 e. The molecule has 5 heteroatoms. The highest BCUT2D eigenvalue weighted by molar-refractivity contribution is 5.13. The second kappa shape index (κ2) is 5.27. The summed E-state index contributed by atoms with van der Waals surface area (Å²) in [6, 6.07) is 1.70. The molecule has 1 atom stereocenters. The minimum atomic E-state index is -0.0973. The summed E-state index contributed by atoms with van der Waals surface area (Å²) < 4.78 is 0. The molecule has 82 valence electrons. The SMILES string of the molecule is CCNC(c1cnccn1)c1ncccn1. The molecule has 0 saturated heterocycles. The fourth-order valence-corrected chi connectivity index (χ4v) is 1.45. The Bertz CT molecular complexity index is 377. The molecule has 0 aliphatic carbocycles. The third-order valence-corrected chi connectivity index (χ3v) is 2.13. The van der Waals surface area contributed by atoms with E-state index in [0.29, 0.717) is 5.82 Å². The number of nitrogens with one attached hydrogen (secondary N) is 1. The topological polar surface area (TPSA) is 63.6 Å². The maximum atomic E-state index is 4.27. The van der Waals surface area contributed by atoms with E-state index in [-0.39, 0.29) is 6.04 Å². The van der Waals surface area contributed by atoms with Crippen LogP contribution in [0.5, 0.6) is 0 Å². The summed E-state index contributed by atoms with van der Waals surface area (Å²) in [4.78, 5) is 16.8. The number of nitrogens with zero attached hydrogens (tertiary/aromatic N) is 4. The third kappa shape index (κ3) is 2.38. The van der Waals surface area contributed by atoms with Crippen molar-refractivity contribution in [1.82, 2.24) is 25.3 Å². The van der Waals surface area contributed by atoms with Crippen molar-refractivity contribution in [3.8, 4) is 0 Å². The van der Waals surface area contributed by atoms with Gasteiger partial charge < -0.3 is 5.32 Å². The van der Waals surface area contributed by atoms with Gasteiger partial charge in [-0.3, -0.25) is 9.97 Å². The molecular weight excluding hydrogens is 202 g/mol. The van der Waals surface area contributed by atoms with E-state index < -0.39 is 0 Å². The molecule has 0 amide bonds. The Morgan fingerprint density at radius 2 is 1.94 bits per heavy atom. The predicted octanol–water partition coefficient (Wildman–Crippen LogP) is 0.966. The van der Waals surface area contributed by atoms with Gasteiger partial charge in [0.25, 0.3) is 0 Å². The molecule has 5 nitrogen and oxygen atoms in total. The van der Waals surface area contributed by atoms with E-state index in [1.807, 2.05) is 6.92 Å². The first kappa shape index (κ1) is 10.6. The van der Waals surface area contributed by atoms with Gasteiger partial charge in [-0.1, -0.05) is 6.92 Å². The quantitative estimate of drug-likeness (QED) is 0.823. The summed E-state index contributed by atoms with van der Waals surface area (Å²) in [5.41, 5.74) is 0.829. The minimum absolute atomic E-state index is 0.0973. The summed E-state index contributed by atoms with van der Waals surface area (Å²) >= 11 is 0. The summed E-state index contributed by atoms with van der Waals surface area (Å²) in [6.07, 6.45) is 8.50. The van der Waals surface area contributed by atoms with Crippen molar-refractivity contribution < 1.29 is 0 Å². The molecule has 0 radical (unpaired) electrons. The molecule has 0 saturated carbocycles. The van der Waals surface area contributed by atoms with Crippen LogP contribution in [0.25, 0.3) is 0 Å². The van der Waals surface area contributed by atoms with E-state index in [2.05, 4.69) is 25.3 Å². The molecule has 2 aromatic heterocycles. The van der Waals surface area contributed by atoms with Gasteiger partial charge in [-0.05, 0) is 12.6 Å². The molecule has 0 bridgehead atoms. The van der Waals surface area contributed by atoms with Crippen LogP contribution < -0.4 is 5.32 Å².